The van der Waals surface area contributed by atoms with Gasteiger partial charge in [0, 0.05) is 20.4 Å². The summed E-state index contributed by atoms with van der Waals surface area (Å²) < 4.78 is 1.93. The summed E-state index contributed by atoms with van der Waals surface area (Å²) in [6.45, 7) is 0. The third-order valence-electron chi connectivity index (χ3n) is 2.25. The lowest BCUT2D eigenvalue weighted by Crippen LogP contribution is -2.03. The number of aromatic nitrogens is 1. The number of benzene rings is 1. The maximum Gasteiger partial charge on any atom is 0.339 e. The number of nitrogens with one attached hydrogen (secondary N) is 1. The number of carbonyl (C=O) groups is 1. The summed E-state index contributed by atoms with van der Waals surface area (Å²) in [5.74, 6) is -1.00. The van der Waals surface area contributed by atoms with Crippen molar-refractivity contribution in [2.75, 3.05) is 5.32 Å². The van der Waals surface area contributed by atoms with E-state index >= 15 is 0 Å². The molecule has 2 N–H and O–H groups in total. The third kappa shape index (κ3) is 2.99. The van der Waals surface area contributed by atoms with Crippen molar-refractivity contribution in [2.45, 2.75) is 0 Å². The predicted octanol–water partition coefficient (Wildman–Crippen LogP) is 3.89. The Morgan fingerprint density at radius 1 is 1.33 bits per heavy atom. The molecule has 1 aromatic heterocycles. The number of hydrogen-bond acceptors (Lipinski definition) is 3. The quantitative estimate of drug-likeness (QED) is 0.742. The molecule has 0 spiro atoms. The second kappa shape index (κ2) is 5.66. The second-order valence-electron chi connectivity index (χ2n) is 3.48. The van der Waals surface area contributed by atoms with E-state index in [2.05, 4.69) is 48.8 Å². The van der Waals surface area contributed by atoms with Gasteiger partial charge in [0.2, 0.25) is 0 Å². The Morgan fingerprint density at radius 3 is 2.83 bits per heavy atom. The van der Waals surface area contributed by atoms with Crippen molar-refractivity contribution in [3.63, 3.8) is 0 Å². The molecule has 0 saturated carbocycles. The topological polar surface area (TPSA) is 62.2 Å². The van der Waals surface area contributed by atoms with Crippen LogP contribution in [0.4, 0.5) is 11.4 Å². The van der Waals surface area contributed by atoms with Crippen LogP contribution in [-0.2, 0) is 0 Å². The molecule has 92 valence electrons. The van der Waals surface area contributed by atoms with Gasteiger partial charge >= 0.3 is 5.97 Å². The molecular weight excluding hydrogens is 411 g/mol. The SMILES string of the molecule is O=C(O)c1cnccc1Nc1cc(Br)ccc1I. The molecule has 0 unspecified atom stereocenters. The van der Waals surface area contributed by atoms with Gasteiger partial charge in [0.1, 0.15) is 5.56 Å². The molecule has 2 aromatic rings. The van der Waals surface area contributed by atoms with Gasteiger partial charge in [0.05, 0.1) is 11.4 Å². The van der Waals surface area contributed by atoms with Gasteiger partial charge in [-0.2, -0.15) is 0 Å². The van der Waals surface area contributed by atoms with E-state index in [1.807, 2.05) is 18.2 Å². The minimum atomic E-state index is -1.00. The van der Waals surface area contributed by atoms with Crippen LogP contribution in [0.5, 0.6) is 0 Å². The van der Waals surface area contributed by atoms with Crippen molar-refractivity contribution in [3.8, 4) is 0 Å². The van der Waals surface area contributed by atoms with E-state index in [1.54, 1.807) is 12.3 Å². The molecule has 0 aliphatic rings. The summed E-state index contributed by atoms with van der Waals surface area (Å²) in [7, 11) is 0. The number of nitrogens with zero attached hydrogens (tertiary/aromatic N) is 1. The summed E-state index contributed by atoms with van der Waals surface area (Å²) in [6.07, 6.45) is 2.88. The fraction of sp³-hybridized carbons (Fsp3) is 0. The molecule has 0 aliphatic heterocycles. The van der Waals surface area contributed by atoms with Crippen molar-refractivity contribution in [3.05, 3.63) is 50.3 Å². The monoisotopic (exact) mass is 418 g/mol. The van der Waals surface area contributed by atoms with Crippen LogP contribution in [-0.4, -0.2) is 16.1 Å². The standard InChI is InChI=1S/C12H8BrIN2O2/c13-7-1-2-9(14)11(5-7)16-10-3-4-15-6-8(10)12(17)18/h1-6H,(H,15,16)(H,17,18). The van der Waals surface area contributed by atoms with Gasteiger partial charge in [-0.25, -0.2) is 4.79 Å². The number of halogens is 2. The van der Waals surface area contributed by atoms with Gasteiger partial charge in [-0.3, -0.25) is 4.98 Å². The normalized spacial score (nSPS) is 10.1. The number of rotatable bonds is 3. The highest BCUT2D eigenvalue weighted by atomic mass is 127. The van der Waals surface area contributed by atoms with Crippen LogP contribution < -0.4 is 5.32 Å². The molecule has 0 aliphatic carbocycles. The molecule has 0 atom stereocenters. The second-order valence-corrected chi connectivity index (χ2v) is 5.55. The van der Waals surface area contributed by atoms with E-state index in [-0.39, 0.29) is 5.56 Å². The van der Waals surface area contributed by atoms with Gasteiger partial charge in [0.25, 0.3) is 0 Å². The zero-order valence-electron chi connectivity index (χ0n) is 9.02. The Kier molecular flexibility index (Phi) is 4.18. The maximum absolute atomic E-state index is 11.1. The summed E-state index contributed by atoms with van der Waals surface area (Å²) in [5.41, 5.74) is 1.51. The first-order valence-electron chi connectivity index (χ1n) is 4.97. The zero-order chi connectivity index (χ0) is 13.1. The molecule has 0 saturated heterocycles. The summed E-state index contributed by atoms with van der Waals surface area (Å²) >= 11 is 5.57. The van der Waals surface area contributed by atoms with Gasteiger partial charge < -0.3 is 10.4 Å². The molecule has 0 bridgehead atoms. The summed E-state index contributed by atoms with van der Waals surface area (Å²) in [4.78, 5) is 14.9. The Hall–Kier alpha value is -1.15. The first-order chi connectivity index (χ1) is 8.58. The highest BCUT2D eigenvalue weighted by molar-refractivity contribution is 14.1. The molecule has 0 fully saturated rings. The van der Waals surface area contributed by atoms with Gasteiger partial charge in [0.15, 0.2) is 0 Å². The average Bonchev–Trinajstić information content (AvgIpc) is 2.34. The van der Waals surface area contributed by atoms with Crippen molar-refractivity contribution in [1.29, 1.82) is 0 Å². The van der Waals surface area contributed by atoms with Crippen LogP contribution >= 0.6 is 38.5 Å². The van der Waals surface area contributed by atoms with E-state index < -0.39 is 5.97 Å². The number of carboxylic acid groups (broad SMARTS) is 1. The number of carboxylic acids is 1. The van der Waals surface area contributed by atoms with Crippen LogP contribution in [0.1, 0.15) is 10.4 Å². The highest BCUT2D eigenvalue weighted by Gasteiger charge is 2.11. The lowest BCUT2D eigenvalue weighted by Gasteiger charge is -2.11. The average molecular weight is 419 g/mol. The minimum Gasteiger partial charge on any atom is -0.478 e. The molecule has 0 radical (unpaired) electrons. The first-order valence-corrected chi connectivity index (χ1v) is 6.84. The van der Waals surface area contributed by atoms with Gasteiger partial charge in [-0.1, -0.05) is 15.9 Å². The molecular formula is C12H8BrIN2O2. The fourth-order valence-electron chi connectivity index (χ4n) is 1.41. The molecule has 4 nitrogen and oxygen atoms in total. The summed E-state index contributed by atoms with van der Waals surface area (Å²) in [5, 5.41) is 12.2. The smallest absolute Gasteiger partial charge is 0.339 e. The predicted molar refractivity (Wildman–Crippen MR) is 81.3 cm³/mol. The Balaban J connectivity index is 2.40. The van der Waals surface area contributed by atoms with Crippen LogP contribution in [0.25, 0.3) is 0 Å². The number of aromatic carboxylic acids is 1. The zero-order valence-corrected chi connectivity index (χ0v) is 12.8. The van der Waals surface area contributed by atoms with E-state index in [4.69, 9.17) is 5.11 Å². The Morgan fingerprint density at radius 2 is 2.11 bits per heavy atom. The van der Waals surface area contributed by atoms with Gasteiger partial charge in [-0.05, 0) is 46.9 Å². The van der Waals surface area contributed by atoms with Crippen molar-refractivity contribution >= 4 is 55.9 Å². The molecule has 0 amide bonds. The molecule has 2 rings (SSSR count). The highest BCUT2D eigenvalue weighted by Crippen LogP contribution is 2.27. The van der Waals surface area contributed by atoms with Crippen LogP contribution in [0.2, 0.25) is 0 Å². The van der Waals surface area contributed by atoms with Crippen molar-refractivity contribution in [2.24, 2.45) is 0 Å². The molecule has 1 heterocycles. The van der Waals surface area contributed by atoms with E-state index in [9.17, 15) is 4.79 Å². The third-order valence-corrected chi connectivity index (χ3v) is 3.68. The maximum atomic E-state index is 11.1. The lowest BCUT2D eigenvalue weighted by atomic mass is 10.2. The van der Waals surface area contributed by atoms with E-state index in [0.29, 0.717) is 5.69 Å². The minimum absolute atomic E-state index is 0.147. The van der Waals surface area contributed by atoms with E-state index in [0.717, 1.165) is 13.7 Å². The first kappa shape index (κ1) is 13.3. The number of anilines is 2. The van der Waals surface area contributed by atoms with Crippen LogP contribution in [0, 0.1) is 3.57 Å². The molecule has 6 heteroatoms. The van der Waals surface area contributed by atoms with Crippen molar-refractivity contribution < 1.29 is 9.90 Å². The number of hydrogen-bond donors (Lipinski definition) is 2. The largest absolute Gasteiger partial charge is 0.478 e. The fourth-order valence-corrected chi connectivity index (χ4v) is 2.24. The van der Waals surface area contributed by atoms with Crippen molar-refractivity contribution in [1.82, 2.24) is 4.98 Å². The Labute approximate surface area is 126 Å². The van der Waals surface area contributed by atoms with E-state index in [1.165, 1.54) is 6.20 Å². The summed E-state index contributed by atoms with van der Waals surface area (Å²) in [6, 6.07) is 7.40. The van der Waals surface area contributed by atoms with Gasteiger partial charge in [-0.15, -0.1) is 0 Å². The number of pyridine rings is 1. The van der Waals surface area contributed by atoms with Crippen LogP contribution in [0.15, 0.2) is 41.1 Å². The molecule has 1 aromatic carbocycles. The van der Waals surface area contributed by atoms with Crippen LogP contribution in [0.3, 0.4) is 0 Å². The lowest BCUT2D eigenvalue weighted by molar-refractivity contribution is 0.0697. The molecule has 18 heavy (non-hydrogen) atoms. The Bertz CT molecular complexity index is 604.